The van der Waals surface area contributed by atoms with Crippen LogP contribution in [0.25, 0.3) is 0 Å². The summed E-state index contributed by atoms with van der Waals surface area (Å²) in [4.78, 5) is 2.58. The first-order valence-corrected chi connectivity index (χ1v) is 7.22. The van der Waals surface area contributed by atoms with Gasteiger partial charge >= 0.3 is 0 Å². The third kappa shape index (κ3) is 2.63. The average molecular weight is 262 g/mol. The van der Waals surface area contributed by atoms with E-state index in [-0.39, 0.29) is 0 Å². The Hall–Kier alpha value is -1.06. The van der Waals surface area contributed by atoms with E-state index in [4.69, 9.17) is 4.74 Å². The molecule has 2 unspecified atom stereocenters. The molecule has 106 valence electrons. The lowest BCUT2D eigenvalue weighted by molar-refractivity contribution is 0.139. The van der Waals surface area contributed by atoms with Gasteiger partial charge in [-0.25, -0.2) is 0 Å². The van der Waals surface area contributed by atoms with Gasteiger partial charge in [-0.15, -0.1) is 0 Å². The largest absolute Gasteiger partial charge is 0.497 e. The number of ether oxygens (including phenoxy) is 1. The molecule has 19 heavy (non-hydrogen) atoms. The third-order valence-corrected chi connectivity index (χ3v) is 4.27. The fourth-order valence-corrected chi connectivity index (χ4v) is 3.37. The monoisotopic (exact) mass is 262 g/mol. The van der Waals surface area contributed by atoms with Crippen LogP contribution in [0.2, 0.25) is 0 Å². The van der Waals surface area contributed by atoms with Crippen LogP contribution in [0.3, 0.4) is 0 Å². The van der Waals surface area contributed by atoms with Crippen molar-refractivity contribution in [2.75, 3.05) is 20.7 Å². The van der Waals surface area contributed by atoms with Crippen molar-refractivity contribution in [2.24, 2.45) is 0 Å². The molecule has 0 spiro atoms. The summed E-state index contributed by atoms with van der Waals surface area (Å²) in [6.07, 6.45) is 1.12. The fraction of sp³-hybridized carbons (Fsp3) is 0.625. The van der Waals surface area contributed by atoms with Gasteiger partial charge in [0.25, 0.3) is 0 Å². The molecule has 2 rings (SSSR count). The van der Waals surface area contributed by atoms with Crippen LogP contribution in [0.1, 0.15) is 37.9 Å². The summed E-state index contributed by atoms with van der Waals surface area (Å²) in [6.45, 7) is 7.89. The van der Waals surface area contributed by atoms with E-state index >= 15 is 0 Å². The van der Waals surface area contributed by atoms with Crippen molar-refractivity contribution in [1.29, 1.82) is 0 Å². The van der Waals surface area contributed by atoms with E-state index in [2.05, 4.69) is 56.2 Å². The molecule has 0 saturated carbocycles. The highest BCUT2D eigenvalue weighted by Crippen LogP contribution is 2.37. The number of hydrogen-bond donors (Lipinski definition) is 1. The van der Waals surface area contributed by atoms with Crippen LogP contribution >= 0.6 is 0 Å². The van der Waals surface area contributed by atoms with Gasteiger partial charge in [-0.2, -0.15) is 0 Å². The van der Waals surface area contributed by atoms with E-state index in [1.54, 1.807) is 7.11 Å². The van der Waals surface area contributed by atoms with E-state index in [9.17, 15) is 0 Å². The predicted octanol–water partition coefficient (Wildman–Crippen LogP) is 2.61. The number of rotatable bonds is 5. The second kappa shape index (κ2) is 5.93. The molecule has 0 bridgehead atoms. The van der Waals surface area contributed by atoms with Crippen LogP contribution in [-0.4, -0.2) is 37.7 Å². The number of hydrogen-bond acceptors (Lipinski definition) is 3. The molecular formula is C16H26N2O. The molecule has 1 N–H and O–H groups in total. The Bertz CT molecular complexity index is 431. The molecule has 0 fully saturated rings. The smallest absolute Gasteiger partial charge is 0.119 e. The van der Waals surface area contributed by atoms with E-state index in [1.165, 1.54) is 11.1 Å². The summed E-state index contributed by atoms with van der Waals surface area (Å²) in [7, 11) is 3.79. The van der Waals surface area contributed by atoms with E-state index in [1.807, 2.05) is 0 Å². The zero-order valence-electron chi connectivity index (χ0n) is 12.7. The Morgan fingerprint density at radius 1 is 1.42 bits per heavy atom. The molecule has 0 radical (unpaired) electrons. The Morgan fingerprint density at radius 2 is 2.16 bits per heavy atom. The molecule has 0 heterocycles. The molecule has 2 atom stereocenters. The summed E-state index contributed by atoms with van der Waals surface area (Å²) >= 11 is 0. The minimum Gasteiger partial charge on any atom is -0.497 e. The van der Waals surface area contributed by atoms with Crippen molar-refractivity contribution in [3.05, 3.63) is 29.3 Å². The number of benzene rings is 1. The Morgan fingerprint density at radius 3 is 2.68 bits per heavy atom. The van der Waals surface area contributed by atoms with Crippen LogP contribution in [0.5, 0.6) is 5.75 Å². The summed E-state index contributed by atoms with van der Waals surface area (Å²) < 4.78 is 5.36. The maximum atomic E-state index is 5.36. The summed E-state index contributed by atoms with van der Waals surface area (Å²) in [5.41, 5.74) is 2.84. The normalized spacial score (nSPS) is 22.1. The van der Waals surface area contributed by atoms with Gasteiger partial charge in [0.15, 0.2) is 0 Å². The van der Waals surface area contributed by atoms with Crippen molar-refractivity contribution in [2.45, 2.75) is 45.3 Å². The number of nitrogens with zero attached hydrogens (tertiary/aromatic N) is 1. The summed E-state index contributed by atoms with van der Waals surface area (Å²) in [6, 6.07) is 7.98. The van der Waals surface area contributed by atoms with Crippen LogP contribution in [-0.2, 0) is 6.42 Å². The quantitative estimate of drug-likeness (QED) is 0.883. The average Bonchev–Trinajstić information content (AvgIpc) is 2.76. The van der Waals surface area contributed by atoms with Crippen molar-refractivity contribution >= 4 is 0 Å². The molecule has 1 aliphatic carbocycles. The lowest BCUT2D eigenvalue weighted by Gasteiger charge is -2.35. The van der Waals surface area contributed by atoms with Crippen LogP contribution < -0.4 is 10.1 Å². The second-order valence-electron chi connectivity index (χ2n) is 5.53. The summed E-state index contributed by atoms with van der Waals surface area (Å²) in [5, 5.41) is 3.49. The highest BCUT2D eigenvalue weighted by Gasteiger charge is 2.35. The van der Waals surface area contributed by atoms with Crippen LogP contribution in [0.4, 0.5) is 0 Å². The maximum absolute atomic E-state index is 5.36. The van der Waals surface area contributed by atoms with Crippen molar-refractivity contribution < 1.29 is 4.74 Å². The minimum atomic E-state index is 0.396. The fourth-order valence-electron chi connectivity index (χ4n) is 3.37. The lowest BCUT2D eigenvalue weighted by atomic mass is 10.0. The molecule has 0 aliphatic heterocycles. The van der Waals surface area contributed by atoms with Crippen molar-refractivity contribution in [3.63, 3.8) is 0 Å². The SMILES string of the molecule is CCN(C(C)C)C1Cc2ccc(OC)cc2C1NC. The molecule has 1 aliphatic rings. The molecule has 3 heteroatoms. The highest BCUT2D eigenvalue weighted by molar-refractivity contribution is 5.42. The zero-order valence-corrected chi connectivity index (χ0v) is 12.7. The van der Waals surface area contributed by atoms with Crippen molar-refractivity contribution in [3.8, 4) is 5.75 Å². The van der Waals surface area contributed by atoms with Crippen LogP contribution in [0.15, 0.2) is 18.2 Å². The van der Waals surface area contributed by atoms with E-state index in [0.717, 1.165) is 18.7 Å². The Balaban J connectivity index is 2.32. The van der Waals surface area contributed by atoms with Crippen LogP contribution in [0, 0.1) is 0 Å². The van der Waals surface area contributed by atoms with Gasteiger partial charge < -0.3 is 10.1 Å². The number of methoxy groups -OCH3 is 1. The number of nitrogens with one attached hydrogen (secondary N) is 1. The molecule has 1 aromatic carbocycles. The Kier molecular flexibility index (Phi) is 4.48. The second-order valence-corrected chi connectivity index (χ2v) is 5.53. The molecule has 1 aromatic rings. The first kappa shape index (κ1) is 14.4. The standard InChI is InChI=1S/C16H26N2O/c1-6-18(11(2)3)15-9-12-7-8-13(19-5)10-14(12)16(15)17-4/h7-8,10-11,15-17H,6,9H2,1-5H3. The third-order valence-electron chi connectivity index (χ3n) is 4.27. The molecular weight excluding hydrogens is 236 g/mol. The Labute approximate surface area is 116 Å². The van der Waals surface area contributed by atoms with Gasteiger partial charge in [0, 0.05) is 18.1 Å². The first-order valence-electron chi connectivity index (χ1n) is 7.22. The summed E-state index contributed by atoms with van der Waals surface area (Å²) in [5.74, 6) is 0.951. The number of fused-ring (bicyclic) bond motifs is 1. The molecule has 0 amide bonds. The molecule has 3 nitrogen and oxygen atoms in total. The van der Waals surface area contributed by atoms with Gasteiger partial charge in [-0.1, -0.05) is 13.0 Å². The van der Waals surface area contributed by atoms with E-state index in [0.29, 0.717) is 18.1 Å². The minimum absolute atomic E-state index is 0.396. The highest BCUT2D eigenvalue weighted by atomic mass is 16.5. The predicted molar refractivity (Wildman–Crippen MR) is 79.8 cm³/mol. The van der Waals surface area contributed by atoms with Gasteiger partial charge in [-0.05, 0) is 57.1 Å². The maximum Gasteiger partial charge on any atom is 0.119 e. The zero-order chi connectivity index (χ0) is 14.0. The number of likely N-dealkylation sites (N-methyl/N-ethyl adjacent to an activating group) is 2. The lowest BCUT2D eigenvalue weighted by Crippen LogP contribution is -2.45. The molecule has 0 saturated heterocycles. The van der Waals surface area contributed by atoms with Gasteiger partial charge in [-0.3, -0.25) is 4.90 Å². The van der Waals surface area contributed by atoms with Gasteiger partial charge in [0.1, 0.15) is 5.75 Å². The van der Waals surface area contributed by atoms with Crippen molar-refractivity contribution in [1.82, 2.24) is 10.2 Å². The topological polar surface area (TPSA) is 24.5 Å². The van der Waals surface area contributed by atoms with Gasteiger partial charge in [0.05, 0.1) is 7.11 Å². The van der Waals surface area contributed by atoms with E-state index < -0.39 is 0 Å². The first-order chi connectivity index (χ1) is 9.12. The molecule has 0 aromatic heterocycles. The van der Waals surface area contributed by atoms with Gasteiger partial charge in [0.2, 0.25) is 0 Å².